The molecule has 7 heteroatoms. The lowest BCUT2D eigenvalue weighted by molar-refractivity contribution is 0.102. The Bertz CT molecular complexity index is 587. The molecule has 2 aromatic rings. The van der Waals surface area contributed by atoms with Crippen molar-refractivity contribution in [2.75, 3.05) is 5.32 Å². The highest BCUT2D eigenvalue weighted by Gasteiger charge is 2.12. The number of nitrogens with two attached hydrogens (primary N) is 1. The first-order valence-corrected chi connectivity index (χ1v) is 6.27. The molecular weight excluding hydrogens is 277 g/mol. The van der Waals surface area contributed by atoms with Crippen LogP contribution in [-0.2, 0) is 6.54 Å². The number of nitrogens with one attached hydrogen (secondary N) is 1. The molecule has 1 heterocycles. The molecule has 0 bridgehead atoms. The van der Waals surface area contributed by atoms with Gasteiger partial charge in [-0.05, 0) is 18.2 Å². The maximum atomic E-state index is 13.5. The van der Waals surface area contributed by atoms with Gasteiger partial charge < -0.3 is 11.1 Å². The summed E-state index contributed by atoms with van der Waals surface area (Å²) in [6.07, 6.45) is 0. The second kappa shape index (κ2) is 5.43. The van der Waals surface area contributed by atoms with E-state index in [1.54, 1.807) is 5.38 Å². The van der Waals surface area contributed by atoms with Crippen molar-refractivity contribution in [1.29, 1.82) is 0 Å². The molecular formula is C11H9ClFN3OS. The number of aromatic nitrogens is 1. The first-order chi connectivity index (χ1) is 8.60. The summed E-state index contributed by atoms with van der Waals surface area (Å²) in [6, 6.07) is 4.02. The van der Waals surface area contributed by atoms with Crippen LogP contribution in [0.1, 0.15) is 15.5 Å². The van der Waals surface area contributed by atoms with Crippen LogP contribution in [0.5, 0.6) is 0 Å². The Morgan fingerprint density at radius 1 is 1.56 bits per heavy atom. The average Bonchev–Trinajstić information content (AvgIpc) is 2.81. The highest BCUT2D eigenvalue weighted by Crippen LogP contribution is 2.20. The van der Waals surface area contributed by atoms with Crippen LogP contribution in [0.15, 0.2) is 23.6 Å². The van der Waals surface area contributed by atoms with E-state index in [-0.39, 0.29) is 22.9 Å². The van der Waals surface area contributed by atoms with Crippen LogP contribution in [0.25, 0.3) is 0 Å². The summed E-state index contributed by atoms with van der Waals surface area (Å²) in [5, 5.41) is 4.91. The Morgan fingerprint density at radius 2 is 2.33 bits per heavy atom. The summed E-state index contributed by atoms with van der Waals surface area (Å²) >= 11 is 6.90. The molecule has 3 N–H and O–H groups in total. The zero-order valence-electron chi connectivity index (χ0n) is 9.11. The Balaban J connectivity index is 2.16. The number of halogens is 2. The van der Waals surface area contributed by atoms with Crippen molar-refractivity contribution in [2.45, 2.75) is 6.54 Å². The van der Waals surface area contributed by atoms with Crippen molar-refractivity contribution in [3.05, 3.63) is 45.1 Å². The average molecular weight is 286 g/mol. The van der Waals surface area contributed by atoms with Gasteiger partial charge >= 0.3 is 0 Å². The van der Waals surface area contributed by atoms with E-state index >= 15 is 0 Å². The van der Waals surface area contributed by atoms with E-state index in [4.69, 9.17) is 17.3 Å². The third-order valence-corrected chi connectivity index (χ3v) is 3.24. The highest BCUT2D eigenvalue weighted by atomic mass is 35.5. The molecule has 1 amide bonds. The lowest BCUT2D eigenvalue weighted by Crippen LogP contribution is -2.13. The van der Waals surface area contributed by atoms with E-state index in [1.807, 2.05) is 0 Å². The van der Waals surface area contributed by atoms with E-state index in [2.05, 4.69) is 10.3 Å². The molecule has 0 saturated heterocycles. The molecule has 0 radical (unpaired) electrons. The third-order valence-electron chi connectivity index (χ3n) is 2.14. The van der Waals surface area contributed by atoms with Gasteiger partial charge in [0.25, 0.3) is 5.91 Å². The molecule has 0 saturated carbocycles. The van der Waals surface area contributed by atoms with Crippen LogP contribution in [0.4, 0.5) is 10.1 Å². The highest BCUT2D eigenvalue weighted by molar-refractivity contribution is 7.09. The minimum Gasteiger partial charge on any atom is -0.325 e. The topological polar surface area (TPSA) is 68.0 Å². The van der Waals surface area contributed by atoms with Crippen molar-refractivity contribution < 1.29 is 9.18 Å². The summed E-state index contributed by atoms with van der Waals surface area (Å²) in [5.74, 6) is -1.07. The van der Waals surface area contributed by atoms with Gasteiger partial charge in [-0.2, -0.15) is 0 Å². The van der Waals surface area contributed by atoms with Crippen LogP contribution in [0.2, 0.25) is 5.02 Å². The zero-order valence-corrected chi connectivity index (χ0v) is 10.7. The Hall–Kier alpha value is -1.50. The Kier molecular flexibility index (Phi) is 3.90. The summed E-state index contributed by atoms with van der Waals surface area (Å²) in [5.41, 5.74) is 5.68. The number of carbonyl (C=O) groups is 1. The van der Waals surface area contributed by atoms with Gasteiger partial charge in [0.15, 0.2) is 0 Å². The van der Waals surface area contributed by atoms with Gasteiger partial charge in [-0.15, -0.1) is 11.3 Å². The number of hydrogen-bond acceptors (Lipinski definition) is 4. The quantitative estimate of drug-likeness (QED) is 0.911. The first-order valence-electron chi connectivity index (χ1n) is 5.01. The van der Waals surface area contributed by atoms with Crippen LogP contribution in [0.3, 0.4) is 0 Å². The van der Waals surface area contributed by atoms with Crippen molar-refractivity contribution in [1.82, 2.24) is 4.98 Å². The van der Waals surface area contributed by atoms with E-state index in [0.717, 1.165) is 6.07 Å². The number of nitrogens with zero attached hydrogens (tertiary/aromatic N) is 1. The van der Waals surface area contributed by atoms with Crippen molar-refractivity contribution >= 4 is 34.5 Å². The molecule has 1 aromatic carbocycles. The number of anilines is 1. The second-order valence-corrected chi connectivity index (χ2v) is 4.79. The smallest absolute Gasteiger partial charge is 0.275 e. The minimum atomic E-state index is -0.592. The number of benzene rings is 1. The second-order valence-electron chi connectivity index (χ2n) is 3.41. The number of carbonyl (C=O) groups excluding carboxylic acids is 1. The van der Waals surface area contributed by atoms with Crippen LogP contribution >= 0.6 is 22.9 Å². The van der Waals surface area contributed by atoms with Gasteiger partial charge in [0.1, 0.15) is 16.5 Å². The number of thiazole rings is 1. The third kappa shape index (κ3) is 2.84. The summed E-state index contributed by atoms with van der Waals surface area (Å²) in [6.45, 7) is 0.271. The standard InChI is InChI=1S/C11H9ClFN3OS/c12-6-1-2-8(7(13)3-6)16-11(17)9-5-18-10(4-14)15-9/h1-3,5H,4,14H2,(H,16,17). The fraction of sp³-hybridized carbons (Fsp3) is 0.0909. The van der Waals surface area contributed by atoms with Crippen molar-refractivity contribution in [3.8, 4) is 0 Å². The normalized spacial score (nSPS) is 10.4. The first kappa shape index (κ1) is 12.9. The maximum absolute atomic E-state index is 13.5. The van der Waals surface area contributed by atoms with Gasteiger partial charge in [0.2, 0.25) is 0 Å². The summed E-state index contributed by atoms with van der Waals surface area (Å²) < 4.78 is 13.5. The molecule has 94 valence electrons. The molecule has 0 unspecified atom stereocenters. The molecule has 0 aliphatic heterocycles. The summed E-state index contributed by atoms with van der Waals surface area (Å²) in [4.78, 5) is 15.8. The lowest BCUT2D eigenvalue weighted by Gasteiger charge is -2.04. The molecule has 0 aliphatic carbocycles. The molecule has 18 heavy (non-hydrogen) atoms. The van der Waals surface area contributed by atoms with Gasteiger partial charge in [-0.1, -0.05) is 11.6 Å². The molecule has 0 atom stereocenters. The monoisotopic (exact) mass is 285 g/mol. The molecule has 4 nitrogen and oxygen atoms in total. The molecule has 0 spiro atoms. The number of amides is 1. The van der Waals surface area contributed by atoms with E-state index in [9.17, 15) is 9.18 Å². The summed E-state index contributed by atoms with van der Waals surface area (Å²) in [7, 11) is 0. The Morgan fingerprint density at radius 3 is 2.94 bits per heavy atom. The SMILES string of the molecule is NCc1nc(C(=O)Nc2ccc(Cl)cc2F)cs1. The minimum absolute atomic E-state index is 0.0618. The maximum Gasteiger partial charge on any atom is 0.275 e. The molecule has 0 aliphatic rings. The fourth-order valence-electron chi connectivity index (χ4n) is 1.29. The van der Waals surface area contributed by atoms with Crippen molar-refractivity contribution in [2.24, 2.45) is 5.73 Å². The van der Waals surface area contributed by atoms with E-state index in [1.165, 1.54) is 23.5 Å². The fourth-order valence-corrected chi connectivity index (χ4v) is 2.10. The zero-order chi connectivity index (χ0) is 13.1. The largest absolute Gasteiger partial charge is 0.325 e. The van der Waals surface area contributed by atoms with E-state index < -0.39 is 11.7 Å². The number of hydrogen-bond donors (Lipinski definition) is 2. The Labute approximate surface area is 112 Å². The van der Waals surface area contributed by atoms with Crippen molar-refractivity contribution in [3.63, 3.8) is 0 Å². The van der Waals surface area contributed by atoms with Crippen LogP contribution < -0.4 is 11.1 Å². The van der Waals surface area contributed by atoms with Crippen LogP contribution in [0, 0.1) is 5.82 Å². The van der Waals surface area contributed by atoms with Gasteiger partial charge in [0.05, 0.1) is 5.69 Å². The van der Waals surface area contributed by atoms with Gasteiger partial charge in [-0.3, -0.25) is 4.79 Å². The van der Waals surface area contributed by atoms with Gasteiger partial charge in [0, 0.05) is 16.9 Å². The number of rotatable bonds is 3. The van der Waals surface area contributed by atoms with Gasteiger partial charge in [-0.25, -0.2) is 9.37 Å². The lowest BCUT2D eigenvalue weighted by atomic mass is 10.3. The molecule has 1 aromatic heterocycles. The predicted octanol–water partition coefficient (Wildman–Crippen LogP) is 2.65. The van der Waals surface area contributed by atoms with E-state index in [0.29, 0.717) is 5.01 Å². The molecule has 2 rings (SSSR count). The predicted molar refractivity (Wildman–Crippen MR) is 69.4 cm³/mol. The van der Waals surface area contributed by atoms with Crippen LogP contribution in [-0.4, -0.2) is 10.9 Å². The molecule has 0 fully saturated rings.